The quantitative estimate of drug-likeness (QED) is 0.546. The van der Waals surface area contributed by atoms with Gasteiger partial charge in [0.25, 0.3) is 0 Å². The van der Waals surface area contributed by atoms with Gasteiger partial charge in [-0.2, -0.15) is 0 Å². The lowest BCUT2D eigenvalue weighted by molar-refractivity contribution is 0.0331. The lowest BCUT2D eigenvalue weighted by Gasteiger charge is -2.36. The zero-order valence-corrected chi connectivity index (χ0v) is 20.5. The van der Waals surface area contributed by atoms with Crippen molar-refractivity contribution >= 4 is 39.0 Å². The highest BCUT2D eigenvalue weighted by molar-refractivity contribution is 7.19. The molecule has 0 amide bonds. The number of rotatable bonds is 5. The number of nitrogens with zero attached hydrogens (tertiary/aromatic N) is 5. The van der Waals surface area contributed by atoms with Crippen LogP contribution in [0.4, 0.5) is 5.82 Å². The summed E-state index contributed by atoms with van der Waals surface area (Å²) >= 11 is 7.96. The minimum Gasteiger partial charge on any atom is -0.379 e. The second-order valence-electron chi connectivity index (χ2n) is 9.28. The van der Waals surface area contributed by atoms with Crippen LogP contribution in [-0.2, 0) is 30.7 Å². The lowest BCUT2D eigenvalue weighted by Crippen LogP contribution is -2.46. The van der Waals surface area contributed by atoms with Crippen molar-refractivity contribution in [2.24, 2.45) is 0 Å². The third kappa shape index (κ3) is 4.62. The van der Waals surface area contributed by atoms with Gasteiger partial charge >= 0.3 is 0 Å². The summed E-state index contributed by atoms with van der Waals surface area (Å²) in [5.74, 6) is 2.14. The maximum atomic E-state index is 6.05. The fraction of sp³-hybridized carbons (Fsp3) is 0.520. The van der Waals surface area contributed by atoms with Crippen LogP contribution in [-0.4, -0.2) is 72.3 Å². The Morgan fingerprint density at radius 3 is 2.42 bits per heavy atom. The van der Waals surface area contributed by atoms with Gasteiger partial charge in [0.2, 0.25) is 0 Å². The number of hydrogen-bond donors (Lipinski definition) is 0. The van der Waals surface area contributed by atoms with Crippen molar-refractivity contribution in [1.29, 1.82) is 0 Å². The minimum absolute atomic E-state index is 0.799. The lowest BCUT2D eigenvalue weighted by atomic mass is 10.1. The van der Waals surface area contributed by atoms with Crippen molar-refractivity contribution in [3.8, 4) is 0 Å². The Hall–Kier alpha value is -1.77. The molecule has 0 saturated carbocycles. The molecule has 2 saturated heterocycles. The highest BCUT2D eigenvalue weighted by atomic mass is 35.5. The van der Waals surface area contributed by atoms with E-state index in [1.165, 1.54) is 51.3 Å². The van der Waals surface area contributed by atoms with Crippen molar-refractivity contribution in [3.05, 3.63) is 51.1 Å². The molecule has 0 radical (unpaired) electrons. The average Bonchev–Trinajstić information content (AvgIpc) is 3.42. The van der Waals surface area contributed by atoms with E-state index in [1.54, 1.807) is 0 Å². The third-order valence-electron chi connectivity index (χ3n) is 7.05. The molecule has 0 unspecified atom stereocenters. The van der Waals surface area contributed by atoms with Crippen LogP contribution in [0.25, 0.3) is 10.2 Å². The van der Waals surface area contributed by atoms with Crippen molar-refractivity contribution in [2.75, 3.05) is 57.4 Å². The number of morpholine rings is 1. The van der Waals surface area contributed by atoms with Crippen LogP contribution in [0.3, 0.4) is 0 Å². The number of benzene rings is 1. The Morgan fingerprint density at radius 1 is 0.879 bits per heavy atom. The van der Waals surface area contributed by atoms with Gasteiger partial charge in [0.1, 0.15) is 16.5 Å². The topological polar surface area (TPSA) is 44.7 Å². The van der Waals surface area contributed by atoms with Gasteiger partial charge in [-0.1, -0.05) is 23.7 Å². The Balaban J connectivity index is 1.23. The van der Waals surface area contributed by atoms with Crippen molar-refractivity contribution < 1.29 is 4.74 Å². The summed E-state index contributed by atoms with van der Waals surface area (Å²) in [7, 11) is 0. The molecule has 3 aliphatic rings. The van der Waals surface area contributed by atoms with Crippen LogP contribution < -0.4 is 4.90 Å². The zero-order valence-electron chi connectivity index (χ0n) is 18.9. The van der Waals surface area contributed by atoms with Crippen LogP contribution in [0.5, 0.6) is 0 Å². The van der Waals surface area contributed by atoms with E-state index in [9.17, 15) is 0 Å². The predicted octanol–water partition coefficient (Wildman–Crippen LogP) is 3.99. The standard InChI is InChI=1S/C25H30ClN5OS/c26-19-6-4-18(5-7-19)16-29-8-10-31(11-9-29)24-23-20-2-1-3-21(20)33-25(23)28-22(27-24)17-30-12-14-32-15-13-30/h4-7H,1-3,8-17H2. The molecule has 4 heterocycles. The van der Waals surface area contributed by atoms with E-state index in [-0.39, 0.29) is 0 Å². The molecule has 0 atom stereocenters. The highest BCUT2D eigenvalue weighted by Crippen LogP contribution is 2.41. The van der Waals surface area contributed by atoms with Gasteiger partial charge in [-0.3, -0.25) is 9.80 Å². The smallest absolute Gasteiger partial charge is 0.146 e. The fourth-order valence-electron chi connectivity index (χ4n) is 5.24. The number of fused-ring (bicyclic) bond motifs is 3. The molecule has 2 aromatic heterocycles. The third-order valence-corrected chi connectivity index (χ3v) is 8.49. The van der Waals surface area contributed by atoms with Gasteiger partial charge in [0.05, 0.1) is 25.1 Å². The van der Waals surface area contributed by atoms with Crippen LogP contribution >= 0.6 is 22.9 Å². The van der Waals surface area contributed by atoms with Crippen LogP contribution in [0.15, 0.2) is 24.3 Å². The maximum absolute atomic E-state index is 6.05. The summed E-state index contributed by atoms with van der Waals surface area (Å²) < 4.78 is 5.53. The van der Waals surface area contributed by atoms with Crippen molar-refractivity contribution in [1.82, 2.24) is 19.8 Å². The number of halogens is 1. The van der Waals surface area contributed by atoms with E-state index < -0.39 is 0 Å². The molecule has 2 aliphatic heterocycles. The number of anilines is 1. The normalized spacial score (nSPS) is 20.0. The number of ether oxygens (including phenoxy) is 1. The minimum atomic E-state index is 0.799. The average molecular weight is 484 g/mol. The van der Waals surface area contributed by atoms with E-state index in [4.69, 9.17) is 26.3 Å². The van der Waals surface area contributed by atoms with Crippen LogP contribution in [0, 0.1) is 0 Å². The Bertz CT molecular complexity index is 1120. The molecule has 0 bridgehead atoms. The summed E-state index contributed by atoms with van der Waals surface area (Å²) in [5, 5.41) is 2.14. The molecule has 33 heavy (non-hydrogen) atoms. The number of piperazine rings is 1. The molecule has 6 rings (SSSR count). The van der Waals surface area contributed by atoms with Gasteiger partial charge < -0.3 is 9.64 Å². The Morgan fingerprint density at radius 2 is 1.64 bits per heavy atom. The maximum Gasteiger partial charge on any atom is 0.146 e. The van der Waals surface area contributed by atoms with Crippen molar-refractivity contribution in [2.45, 2.75) is 32.4 Å². The largest absolute Gasteiger partial charge is 0.379 e. The number of hydrogen-bond acceptors (Lipinski definition) is 7. The first-order chi connectivity index (χ1) is 16.2. The summed E-state index contributed by atoms with van der Waals surface area (Å²) in [4.78, 5) is 20.4. The molecule has 0 spiro atoms. The van der Waals surface area contributed by atoms with Gasteiger partial charge in [-0.15, -0.1) is 11.3 Å². The van der Waals surface area contributed by atoms with E-state index >= 15 is 0 Å². The molecule has 1 aliphatic carbocycles. The molecule has 6 nitrogen and oxygen atoms in total. The molecule has 2 fully saturated rings. The summed E-state index contributed by atoms with van der Waals surface area (Å²) in [6, 6.07) is 8.24. The number of thiophene rings is 1. The molecule has 3 aromatic rings. The molecule has 0 N–H and O–H groups in total. The Labute approximate surface area is 204 Å². The van der Waals surface area contributed by atoms with E-state index in [0.717, 1.165) is 76.4 Å². The number of aryl methyl sites for hydroxylation is 2. The van der Waals surface area contributed by atoms with Gasteiger partial charge in [-0.05, 0) is 42.5 Å². The van der Waals surface area contributed by atoms with Gasteiger partial charge in [-0.25, -0.2) is 9.97 Å². The fourth-order valence-corrected chi connectivity index (χ4v) is 6.64. The second-order valence-corrected chi connectivity index (χ2v) is 10.8. The molecular weight excluding hydrogens is 454 g/mol. The summed E-state index contributed by atoms with van der Waals surface area (Å²) in [6.45, 7) is 9.39. The van der Waals surface area contributed by atoms with Crippen LogP contribution in [0.1, 0.15) is 28.2 Å². The second kappa shape index (κ2) is 9.47. The predicted molar refractivity (Wildman–Crippen MR) is 134 cm³/mol. The monoisotopic (exact) mass is 483 g/mol. The first-order valence-corrected chi connectivity index (χ1v) is 13.3. The number of aromatic nitrogens is 2. The molecular formula is C25H30ClN5OS. The van der Waals surface area contributed by atoms with Crippen molar-refractivity contribution in [3.63, 3.8) is 0 Å². The van der Waals surface area contributed by atoms with Crippen LogP contribution in [0.2, 0.25) is 5.02 Å². The first-order valence-electron chi connectivity index (χ1n) is 12.1. The van der Waals surface area contributed by atoms with E-state index in [0.29, 0.717) is 0 Å². The molecule has 1 aromatic carbocycles. The highest BCUT2D eigenvalue weighted by Gasteiger charge is 2.27. The van der Waals surface area contributed by atoms with E-state index in [1.807, 2.05) is 23.5 Å². The summed E-state index contributed by atoms with van der Waals surface area (Å²) in [5.41, 5.74) is 2.84. The van der Waals surface area contributed by atoms with Gasteiger partial charge in [0, 0.05) is 55.7 Å². The summed E-state index contributed by atoms with van der Waals surface area (Å²) in [6.07, 6.45) is 3.63. The molecule has 174 valence electrons. The Kier molecular flexibility index (Phi) is 6.24. The first kappa shape index (κ1) is 21.7. The van der Waals surface area contributed by atoms with Gasteiger partial charge in [0.15, 0.2) is 0 Å². The molecule has 8 heteroatoms. The SMILES string of the molecule is Clc1ccc(CN2CCN(c3nc(CN4CCOCC4)nc4sc5c(c34)CCC5)CC2)cc1. The van der Waals surface area contributed by atoms with E-state index in [2.05, 4.69) is 26.8 Å². The zero-order chi connectivity index (χ0) is 22.2.